The number of Topliss-reactive ketones (excluding diaryl/α,β-unsaturated/α-hetero) is 1. The summed E-state index contributed by atoms with van der Waals surface area (Å²) in [5, 5.41) is 10.6. The Balaban J connectivity index is 1.60. The summed E-state index contributed by atoms with van der Waals surface area (Å²) >= 11 is 0. The van der Waals surface area contributed by atoms with Crippen molar-refractivity contribution in [2.45, 2.75) is 26.1 Å². The fraction of sp³-hybridized carbons (Fsp3) is 0.292. The summed E-state index contributed by atoms with van der Waals surface area (Å²) in [6.07, 6.45) is 0.946. The van der Waals surface area contributed by atoms with Crippen molar-refractivity contribution in [3.63, 3.8) is 0 Å². The highest BCUT2D eigenvalue weighted by molar-refractivity contribution is 5.94. The van der Waals surface area contributed by atoms with Crippen molar-refractivity contribution < 1.29 is 23.8 Å². The average Bonchev–Trinajstić information content (AvgIpc) is 3.25. The minimum absolute atomic E-state index is 0.00713. The van der Waals surface area contributed by atoms with Crippen molar-refractivity contribution in [2.24, 2.45) is 0 Å². The van der Waals surface area contributed by atoms with Gasteiger partial charge in [0.15, 0.2) is 5.78 Å². The van der Waals surface area contributed by atoms with E-state index in [1.54, 1.807) is 37.6 Å². The van der Waals surface area contributed by atoms with Gasteiger partial charge in [0.25, 0.3) is 0 Å². The molecule has 0 spiro atoms. The first-order chi connectivity index (χ1) is 14.5. The largest absolute Gasteiger partial charge is 0.497 e. The van der Waals surface area contributed by atoms with Crippen LogP contribution in [-0.2, 0) is 13.1 Å². The Labute approximate surface area is 176 Å². The molecule has 0 amide bonds. The number of nitrogens with zero attached hydrogens (tertiary/aromatic N) is 1. The summed E-state index contributed by atoms with van der Waals surface area (Å²) in [6, 6.07) is 18.5. The van der Waals surface area contributed by atoms with Crippen LogP contribution >= 0.6 is 0 Å². The minimum atomic E-state index is -0.696. The Bertz CT molecular complexity index is 921. The van der Waals surface area contributed by atoms with E-state index in [1.165, 1.54) is 6.92 Å². The predicted octanol–water partition coefficient (Wildman–Crippen LogP) is 3.93. The van der Waals surface area contributed by atoms with Gasteiger partial charge in [-0.05, 0) is 61.0 Å². The van der Waals surface area contributed by atoms with Crippen LogP contribution in [0.15, 0.2) is 71.3 Å². The van der Waals surface area contributed by atoms with Crippen LogP contribution in [0.2, 0.25) is 0 Å². The first-order valence-corrected chi connectivity index (χ1v) is 9.83. The number of aliphatic hydroxyl groups is 1. The predicted molar refractivity (Wildman–Crippen MR) is 114 cm³/mol. The van der Waals surface area contributed by atoms with Crippen molar-refractivity contribution in [1.82, 2.24) is 4.90 Å². The maximum atomic E-state index is 11.4. The van der Waals surface area contributed by atoms with Crippen LogP contribution in [0.25, 0.3) is 0 Å². The molecule has 1 atom stereocenters. The van der Waals surface area contributed by atoms with Gasteiger partial charge in [0.05, 0.1) is 19.9 Å². The molecule has 1 N–H and O–H groups in total. The smallest absolute Gasteiger partial charge is 0.159 e. The van der Waals surface area contributed by atoms with Gasteiger partial charge < -0.3 is 19.0 Å². The number of ketones is 1. The Hall–Kier alpha value is -3.09. The lowest BCUT2D eigenvalue weighted by Crippen LogP contribution is -2.35. The topological polar surface area (TPSA) is 72.1 Å². The van der Waals surface area contributed by atoms with Crippen molar-refractivity contribution in [1.29, 1.82) is 0 Å². The van der Waals surface area contributed by atoms with Crippen LogP contribution in [0.4, 0.5) is 0 Å². The van der Waals surface area contributed by atoms with Crippen LogP contribution in [0.3, 0.4) is 0 Å². The molecule has 0 aliphatic heterocycles. The normalized spacial score (nSPS) is 12.0. The number of furan rings is 1. The molecule has 1 unspecified atom stereocenters. The van der Waals surface area contributed by atoms with E-state index in [1.807, 2.05) is 36.4 Å². The monoisotopic (exact) mass is 409 g/mol. The average molecular weight is 409 g/mol. The number of ether oxygens (including phenoxy) is 2. The van der Waals surface area contributed by atoms with Crippen molar-refractivity contribution >= 4 is 5.78 Å². The molecule has 1 aromatic heterocycles. The third-order valence-electron chi connectivity index (χ3n) is 4.67. The Kier molecular flexibility index (Phi) is 7.65. The molecule has 6 heteroatoms. The van der Waals surface area contributed by atoms with Crippen molar-refractivity contribution in [3.05, 3.63) is 83.8 Å². The van der Waals surface area contributed by atoms with E-state index in [2.05, 4.69) is 4.90 Å². The lowest BCUT2D eigenvalue weighted by Gasteiger charge is -2.24. The number of benzene rings is 2. The molecular formula is C24H27NO5. The van der Waals surface area contributed by atoms with Crippen LogP contribution in [0, 0.1) is 0 Å². The van der Waals surface area contributed by atoms with E-state index in [-0.39, 0.29) is 12.4 Å². The molecule has 0 saturated heterocycles. The van der Waals surface area contributed by atoms with Crippen LogP contribution in [0.5, 0.6) is 11.5 Å². The van der Waals surface area contributed by atoms with E-state index in [9.17, 15) is 9.90 Å². The van der Waals surface area contributed by atoms with Gasteiger partial charge in [0.1, 0.15) is 30.0 Å². The molecule has 1 heterocycles. The van der Waals surface area contributed by atoms with Gasteiger partial charge in [-0.3, -0.25) is 9.69 Å². The SMILES string of the molecule is COc1cccc(CN(Cc2ccco2)CC(O)COc2ccc(C(C)=O)cc2)c1. The number of methoxy groups -OCH3 is 1. The zero-order valence-electron chi connectivity index (χ0n) is 17.3. The van der Waals surface area contributed by atoms with Gasteiger partial charge in [-0.15, -0.1) is 0 Å². The number of carbonyl (C=O) groups excluding carboxylic acids is 1. The highest BCUT2D eigenvalue weighted by Crippen LogP contribution is 2.17. The molecule has 0 radical (unpaired) electrons. The van der Waals surface area contributed by atoms with E-state index >= 15 is 0 Å². The summed E-state index contributed by atoms with van der Waals surface area (Å²) in [7, 11) is 1.64. The van der Waals surface area contributed by atoms with Crippen molar-refractivity contribution in [3.8, 4) is 11.5 Å². The van der Waals surface area contributed by atoms with Gasteiger partial charge in [-0.1, -0.05) is 12.1 Å². The van der Waals surface area contributed by atoms with Crippen molar-refractivity contribution in [2.75, 3.05) is 20.3 Å². The Morgan fingerprint density at radius 3 is 2.53 bits per heavy atom. The second-order valence-corrected chi connectivity index (χ2v) is 7.15. The fourth-order valence-electron chi connectivity index (χ4n) is 3.17. The molecule has 158 valence electrons. The number of aliphatic hydroxyl groups excluding tert-OH is 1. The molecule has 30 heavy (non-hydrogen) atoms. The van der Waals surface area contributed by atoms with Crippen LogP contribution < -0.4 is 9.47 Å². The highest BCUT2D eigenvalue weighted by atomic mass is 16.5. The van der Waals surface area contributed by atoms with Gasteiger partial charge in [0, 0.05) is 18.7 Å². The van der Waals surface area contributed by atoms with Gasteiger partial charge in [-0.25, -0.2) is 0 Å². The standard InChI is InChI=1S/C24H27NO5/c1-18(26)20-8-10-22(11-9-20)30-17-21(27)15-25(16-24-7-4-12-29-24)14-19-5-3-6-23(13-19)28-2/h3-13,21,27H,14-17H2,1-2H3. The molecule has 2 aromatic carbocycles. The second-order valence-electron chi connectivity index (χ2n) is 7.15. The Morgan fingerprint density at radius 1 is 1.07 bits per heavy atom. The first kappa shape index (κ1) is 21.6. The number of carbonyl (C=O) groups is 1. The minimum Gasteiger partial charge on any atom is -0.497 e. The second kappa shape index (κ2) is 10.6. The van der Waals surface area contributed by atoms with E-state index in [0.29, 0.717) is 30.9 Å². The third kappa shape index (κ3) is 6.47. The Morgan fingerprint density at radius 2 is 1.87 bits per heavy atom. The zero-order chi connectivity index (χ0) is 21.3. The molecule has 0 saturated carbocycles. The molecule has 0 fully saturated rings. The lowest BCUT2D eigenvalue weighted by molar-refractivity contribution is 0.0604. The maximum Gasteiger partial charge on any atom is 0.159 e. The first-order valence-electron chi connectivity index (χ1n) is 9.83. The molecule has 0 aliphatic carbocycles. The van der Waals surface area contributed by atoms with Crippen LogP contribution in [-0.4, -0.2) is 42.2 Å². The molecule has 3 rings (SSSR count). The summed E-state index contributed by atoms with van der Waals surface area (Å²) in [5.74, 6) is 2.24. The number of hydrogen-bond donors (Lipinski definition) is 1. The highest BCUT2D eigenvalue weighted by Gasteiger charge is 2.15. The molecular weight excluding hydrogens is 382 g/mol. The third-order valence-corrected chi connectivity index (χ3v) is 4.67. The van der Waals surface area contributed by atoms with E-state index in [0.717, 1.165) is 17.1 Å². The maximum absolute atomic E-state index is 11.4. The molecule has 0 bridgehead atoms. The molecule has 6 nitrogen and oxygen atoms in total. The summed E-state index contributed by atoms with van der Waals surface area (Å²) < 4.78 is 16.5. The summed E-state index contributed by atoms with van der Waals surface area (Å²) in [6.45, 7) is 3.27. The number of hydrogen-bond acceptors (Lipinski definition) is 6. The molecule has 0 aliphatic rings. The number of rotatable bonds is 11. The van der Waals surface area contributed by atoms with E-state index in [4.69, 9.17) is 13.9 Å². The summed E-state index contributed by atoms with van der Waals surface area (Å²) in [4.78, 5) is 13.5. The zero-order valence-corrected chi connectivity index (χ0v) is 17.3. The van der Waals surface area contributed by atoms with Gasteiger partial charge >= 0.3 is 0 Å². The summed E-state index contributed by atoms with van der Waals surface area (Å²) in [5.41, 5.74) is 1.71. The quantitative estimate of drug-likeness (QED) is 0.484. The fourth-order valence-corrected chi connectivity index (χ4v) is 3.17. The lowest BCUT2D eigenvalue weighted by atomic mass is 10.1. The van der Waals surface area contributed by atoms with Gasteiger partial charge in [0.2, 0.25) is 0 Å². The van der Waals surface area contributed by atoms with E-state index < -0.39 is 6.10 Å². The van der Waals surface area contributed by atoms with Gasteiger partial charge in [-0.2, -0.15) is 0 Å². The van der Waals surface area contributed by atoms with Crippen LogP contribution in [0.1, 0.15) is 28.6 Å². The molecule has 3 aromatic rings.